The second-order valence-corrected chi connectivity index (χ2v) is 10.4. The summed E-state index contributed by atoms with van der Waals surface area (Å²) >= 11 is 6.85. The fourth-order valence-electron chi connectivity index (χ4n) is 4.77. The third kappa shape index (κ3) is 3.80. The molecule has 31 heavy (non-hydrogen) atoms. The molecule has 0 aromatic carbocycles. The lowest BCUT2D eigenvalue weighted by Crippen LogP contribution is -2.37. The zero-order chi connectivity index (χ0) is 21.5. The average Bonchev–Trinajstić information content (AvgIpc) is 3.38. The Morgan fingerprint density at radius 1 is 1.13 bits per heavy atom. The summed E-state index contributed by atoms with van der Waals surface area (Å²) in [6, 6.07) is 5.75. The minimum absolute atomic E-state index is 0.0716. The van der Waals surface area contributed by atoms with Gasteiger partial charge in [0, 0.05) is 25.3 Å². The molecule has 0 unspecified atom stereocenters. The van der Waals surface area contributed by atoms with Crippen LogP contribution in [0.25, 0.3) is 11.7 Å². The predicted octanol–water partition coefficient (Wildman–Crippen LogP) is 4.07. The third-order valence-corrected chi connectivity index (χ3v) is 7.95. The fraction of sp³-hybridized carbons (Fsp3) is 0.478. The van der Waals surface area contributed by atoms with Crippen molar-refractivity contribution in [2.45, 2.75) is 51.5 Å². The molecule has 1 amide bonds. The van der Waals surface area contributed by atoms with Gasteiger partial charge in [0.1, 0.15) is 15.8 Å². The molecule has 0 spiro atoms. The maximum absolute atomic E-state index is 13.5. The number of piperidine rings is 1. The molecule has 2 aromatic heterocycles. The number of amides is 1. The number of thiocarbonyl (C=S) groups is 1. The van der Waals surface area contributed by atoms with Crippen LogP contribution in [-0.2, 0) is 4.79 Å². The Labute approximate surface area is 191 Å². The van der Waals surface area contributed by atoms with E-state index < -0.39 is 0 Å². The van der Waals surface area contributed by atoms with Gasteiger partial charge in [0.05, 0.1) is 10.5 Å². The van der Waals surface area contributed by atoms with E-state index in [9.17, 15) is 9.59 Å². The van der Waals surface area contributed by atoms with E-state index in [1.807, 2.05) is 18.2 Å². The number of fused-ring (bicyclic) bond motifs is 1. The zero-order valence-corrected chi connectivity index (χ0v) is 19.3. The van der Waals surface area contributed by atoms with Gasteiger partial charge >= 0.3 is 0 Å². The quantitative estimate of drug-likeness (QED) is 0.515. The van der Waals surface area contributed by atoms with Crippen LogP contribution >= 0.6 is 24.0 Å². The lowest BCUT2D eigenvalue weighted by Gasteiger charge is -2.32. The van der Waals surface area contributed by atoms with Crippen LogP contribution in [0, 0.1) is 5.92 Å². The van der Waals surface area contributed by atoms with Gasteiger partial charge in [-0.25, -0.2) is 4.98 Å². The SMILES string of the molecule is CC1CCN(c2nc3ccccn3c(=O)c2/C=C2/SC(=S)N(C3CCCC3)C2=O)CC1. The summed E-state index contributed by atoms with van der Waals surface area (Å²) in [5.74, 6) is 1.27. The van der Waals surface area contributed by atoms with Crippen LogP contribution < -0.4 is 10.5 Å². The van der Waals surface area contributed by atoms with Crippen LogP contribution in [-0.4, -0.2) is 43.6 Å². The number of anilines is 1. The second-order valence-electron chi connectivity index (χ2n) is 8.74. The first-order valence-corrected chi connectivity index (χ1v) is 12.3. The van der Waals surface area contributed by atoms with E-state index in [2.05, 4.69) is 11.8 Å². The first-order valence-electron chi connectivity index (χ1n) is 11.1. The van der Waals surface area contributed by atoms with E-state index in [1.165, 1.54) is 11.8 Å². The fourth-order valence-corrected chi connectivity index (χ4v) is 6.15. The normalized spacial score (nSPS) is 22.4. The largest absolute Gasteiger partial charge is 0.356 e. The molecule has 1 aliphatic carbocycles. The third-order valence-electron chi connectivity index (χ3n) is 6.62. The van der Waals surface area contributed by atoms with Crippen LogP contribution in [0.5, 0.6) is 0 Å². The van der Waals surface area contributed by atoms with Gasteiger partial charge in [-0.15, -0.1) is 0 Å². The number of rotatable bonds is 3. The van der Waals surface area contributed by atoms with Crippen molar-refractivity contribution < 1.29 is 4.79 Å². The maximum atomic E-state index is 13.5. The Bertz CT molecular complexity index is 1130. The molecule has 162 valence electrons. The van der Waals surface area contributed by atoms with Crippen LogP contribution in [0.4, 0.5) is 5.82 Å². The van der Waals surface area contributed by atoms with Crippen molar-refractivity contribution in [3.8, 4) is 0 Å². The summed E-state index contributed by atoms with van der Waals surface area (Å²) in [6.45, 7) is 3.98. The number of carbonyl (C=O) groups excluding carboxylic acids is 1. The first-order chi connectivity index (χ1) is 15.0. The van der Waals surface area contributed by atoms with Crippen molar-refractivity contribution in [2.24, 2.45) is 5.92 Å². The minimum Gasteiger partial charge on any atom is -0.356 e. The predicted molar refractivity (Wildman–Crippen MR) is 129 cm³/mol. The molecule has 1 saturated carbocycles. The van der Waals surface area contributed by atoms with Crippen LogP contribution in [0.2, 0.25) is 0 Å². The summed E-state index contributed by atoms with van der Waals surface area (Å²) < 4.78 is 2.16. The number of hydrogen-bond acceptors (Lipinski definition) is 6. The molecule has 0 N–H and O–H groups in total. The number of pyridine rings is 1. The summed E-state index contributed by atoms with van der Waals surface area (Å²) in [5.41, 5.74) is 0.951. The smallest absolute Gasteiger partial charge is 0.267 e. The molecule has 0 atom stereocenters. The molecule has 0 radical (unpaired) electrons. The molecular formula is C23H26N4O2S2. The van der Waals surface area contributed by atoms with Crippen molar-refractivity contribution in [1.82, 2.24) is 14.3 Å². The minimum atomic E-state index is -0.148. The van der Waals surface area contributed by atoms with Gasteiger partial charge in [-0.2, -0.15) is 0 Å². The molecule has 2 aliphatic heterocycles. The molecule has 3 aliphatic rings. The molecule has 2 aromatic rings. The molecule has 6 nitrogen and oxygen atoms in total. The van der Waals surface area contributed by atoms with E-state index >= 15 is 0 Å². The summed E-state index contributed by atoms with van der Waals surface area (Å²) in [6.07, 6.45) is 9.86. The molecule has 2 saturated heterocycles. The maximum Gasteiger partial charge on any atom is 0.267 e. The molecular weight excluding hydrogens is 428 g/mol. The van der Waals surface area contributed by atoms with Crippen molar-refractivity contribution >= 4 is 51.7 Å². The standard InChI is InChI=1S/C23H26N4O2S2/c1-15-9-12-25(13-10-15)20-17(21(28)26-11-5-4-8-19(26)24-20)14-18-22(29)27(23(30)31-18)16-6-2-3-7-16/h4-5,8,11,14-16H,2-3,6-7,9-10,12-13H2,1H3/b18-14+. The van der Waals surface area contributed by atoms with Crippen LogP contribution in [0.15, 0.2) is 34.1 Å². The molecule has 0 bridgehead atoms. The Morgan fingerprint density at radius 3 is 2.61 bits per heavy atom. The van der Waals surface area contributed by atoms with Crippen LogP contribution in [0.3, 0.4) is 0 Å². The van der Waals surface area contributed by atoms with Crippen molar-refractivity contribution in [1.29, 1.82) is 0 Å². The summed E-state index contributed by atoms with van der Waals surface area (Å²) in [5, 5.41) is 0. The Morgan fingerprint density at radius 2 is 1.87 bits per heavy atom. The topological polar surface area (TPSA) is 57.9 Å². The molecule has 3 fully saturated rings. The Kier molecular flexibility index (Phi) is 5.60. The number of aromatic nitrogens is 2. The van der Waals surface area contributed by atoms with Crippen molar-refractivity contribution in [3.63, 3.8) is 0 Å². The van der Waals surface area contributed by atoms with Gasteiger partial charge < -0.3 is 4.90 Å². The lowest BCUT2D eigenvalue weighted by atomic mass is 9.99. The van der Waals surface area contributed by atoms with Gasteiger partial charge in [-0.1, -0.05) is 49.8 Å². The van der Waals surface area contributed by atoms with Gasteiger partial charge in [0.2, 0.25) is 0 Å². The lowest BCUT2D eigenvalue weighted by molar-refractivity contribution is -0.123. The average molecular weight is 455 g/mol. The van der Waals surface area contributed by atoms with Gasteiger partial charge in [0.15, 0.2) is 0 Å². The van der Waals surface area contributed by atoms with Gasteiger partial charge in [0.25, 0.3) is 11.5 Å². The summed E-state index contributed by atoms with van der Waals surface area (Å²) in [7, 11) is 0. The molecule has 8 heteroatoms. The molecule has 5 rings (SSSR count). The summed E-state index contributed by atoms with van der Waals surface area (Å²) in [4.78, 5) is 36.0. The van der Waals surface area contributed by atoms with E-state index in [0.29, 0.717) is 32.2 Å². The monoisotopic (exact) mass is 454 g/mol. The highest BCUT2D eigenvalue weighted by atomic mass is 32.2. The number of carbonyl (C=O) groups is 1. The van der Waals surface area contributed by atoms with Gasteiger partial charge in [-0.05, 0) is 49.8 Å². The highest BCUT2D eigenvalue weighted by Gasteiger charge is 2.38. The second kappa shape index (κ2) is 8.39. The number of nitrogens with zero attached hydrogens (tertiary/aromatic N) is 4. The zero-order valence-electron chi connectivity index (χ0n) is 17.6. The van der Waals surface area contributed by atoms with E-state index in [-0.39, 0.29) is 17.5 Å². The van der Waals surface area contributed by atoms with Crippen LogP contribution in [0.1, 0.15) is 51.0 Å². The highest BCUT2D eigenvalue weighted by Crippen LogP contribution is 2.38. The first kappa shape index (κ1) is 20.7. The van der Waals surface area contributed by atoms with E-state index in [1.54, 1.807) is 21.6 Å². The van der Waals surface area contributed by atoms with E-state index in [0.717, 1.165) is 51.6 Å². The van der Waals surface area contributed by atoms with Gasteiger partial charge in [-0.3, -0.25) is 18.9 Å². The Balaban J connectivity index is 1.59. The number of hydrogen-bond donors (Lipinski definition) is 0. The van der Waals surface area contributed by atoms with Crippen molar-refractivity contribution in [2.75, 3.05) is 18.0 Å². The number of thioether (sulfide) groups is 1. The Hall–Kier alpha value is -2.19. The molecule has 4 heterocycles. The van der Waals surface area contributed by atoms with Crippen molar-refractivity contribution in [3.05, 3.63) is 45.2 Å². The van der Waals surface area contributed by atoms with E-state index in [4.69, 9.17) is 17.2 Å². The highest BCUT2D eigenvalue weighted by molar-refractivity contribution is 8.26.